The molecule has 0 saturated heterocycles. The standard InChI is InChI=1S/C25H18ClF3N10O/c26-18-4-6-20(37-13-31-34-35-37)22(23(18)27)15-3-5-19(38(40)12-15)21(7-14-1-2-14)36-11-17(10-32-36)24-16(8-30)9-33-39(24)25(28)29/h3-6,9-14,21,25H,1-2,7H2/t21-/m0/s1. The molecule has 1 aromatic carbocycles. The lowest BCUT2D eigenvalue weighted by Crippen LogP contribution is -2.35. The summed E-state index contributed by atoms with van der Waals surface area (Å²) in [5, 5.41) is 41.7. The molecule has 1 fully saturated rings. The van der Waals surface area contributed by atoms with Crippen molar-refractivity contribution in [1.29, 1.82) is 5.26 Å². The quantitative estimate of drug-likeness (QED) is 0.200. The van der Waals surface area contributed by atoms with Crippen molar-refractivity contribution in [3.05, 3.63) is 82.7 Å². The highest BCUT2D eigenvalue weighted by molar-refractivity contribution is 6.31. The Labute approximate surface area is 229 Å². The number of rotatable bonds is 8. The number of benzene rings is 1. The lowest BCUT2D eigenvalue weighted by Gasteiger charge is -2.18. The molecule has 0 spiro atoms. The van der Waals surface area contributed by atoms with E-state index in [1.807, 2.05) is 6.07 Å². The first kappa shape index (κ1) is 25.5. The van der Waals surface area contributed by atoms with E-state index in [0.29, 0.717) is 27.4 Å². The number of tetrazole rings is 1. The van der Waals surface area contributed by atoms with Crippen molar-refractivity contribution in [3.8, 4) is 34.1 Å². The van der Waals surface area contributed by atoms with Gasteiger partial charge in [-0.15, -0.1) is 5.10 Å². The summed E-state index contributed by atoms with van der Waals surface area (Å²) in [5.41, 5.74) is 1.07. The fourth-order valence-electron chi connectivity index (χ4n) is 4.72. The zero-order valence-corrected chi connectivity index (χ0v) is 21.2. The van der Waals surface area contributed by atoms with Gasteiger partial charge in [-0.3, -0.25) is 4.68 Å². The number of nitrogens with zero attached hydrogens (tertiary/aromatic N) is 10. The van der Waals surface area contributed by atoms with Gasteiger partial charge in [-0.1, -0.05) is 24.4 Å². The zero-order valence-electron chi connectivity index (χ0n) is 20.4. The number of hydrogen-bond acceptors (Lipinski definition) is 7. The molecule has 4 aromatic heterocycles. The fourth-order valence-corrected chi connectivity index (χ4v) is 4.88. The number of alkyl halides is 2. The molecule has 0 radical (unpaired) electrons. The van der Waals surface area contributed by atoms with Crippen LogP contribution in [0.4, 0.5) is 13.2 Å². The predicted molar refractivity (Wildman–Crippen MR) is 133 cm³/mol. The fraction of sp³-hybridized carbons (Fsp3) is 0.240. The maximum atomic E-state index is 15.2. The summed E-state index contributed by atoms with van der Waals surface area (Å²) in [6.07, 6.45) is 9.03. The van der Waals surface area contributed by atoms with Gasteiger partial charge in [0, 0.05) is 17.8 Å². The first-order chi connectivity index (χ1) is 19.4. The van der Waals surface area contributed by atoms with E-state index >= 15 is 4.39 Å². The second-order valence-corrected chi connectivity index (χ2v) is 9.73. The molecule has 15 heteroatoms. The third-order valence-corrected chi connectivity index (χ3v) is 7.08. The number of hydrogen-bond donors (Lipinski definition) is 0. The minimum atomic E-state index is -2.95. The van der Waals surface area contributed by atoms with Gasteiger partial charge in [-0.05, 0) is 41.0 Å². The Morgan fingerprint density at radius 3 is 2.65 bits per heavy atom. The molecular weight excluding hydrogens is 549 g/mol. The monoisotopic (exact) mass is 566 g/mol. The Bertz CT molecular complexity index is 1740. The number of aromatic nitrogens is 9. The van der Waals surface area contributed by atoms with E-state index in [1.54, 1.807) is 18.2 Å². The molecule has 40 heavy (non-hydrogen) atoms. The molecule has 1 atom stereocenters. The number of halogens is 4. The Balaban J connectivity index is 1.41. The normalized spacial score (nSPS) is 14.0. The van der Waals surface area contributed by atoms with Gasteiger partial charge in [0.1, 0.15) is 18.4 Å². The van der Waals surface area contributed by atoms with Crippen LogP contribution in [0.3, 0.4) is 0 Å². The van der Waals surface area contributed by atoms with Gasteiger partial charge in [0.25, 0.3) is 0 Å². The summed E-state index contributed by atoms with van der Waals surface area (Å²) in [6.45, 7) is -2.95. The lowest BCUT2D eigenvalue weighted by atomic mass is 10.0. The highest BCUT2D eigenvalue weighted by Crippen LogP contribution is 2.40. The van der Waals surface area contributed by atoms with Crippen LogP contribution < -0.4 is 4.73 Å². The van der Waals surface area contributed by atoms with E-state index in [-0.39, 0.29) is 38.7 Å². The minimum absolute atomic E-state index is 0.0243. The SMILES string of the molecule is N#Cc1cnn(C(F)F)c1-c1cnn([C@@H](CC2CC2)c2ccc(-c3c(-n4cnnn4)ccc(Cl)c3F)c[n+]2[O-])c1. The van der Waals surface area contributed by atoms with Crippen LogP contribution in [0.1, 0.15) is 43.1 Å². The lowest BCUT2D eigenvalue weighted by molar-refractivity contribution is -0.615. The number of pyridine rings is 1. The Kier molecular flexibility index (Phi) is 6.43. The van der Waals surface area contributed by atoms with E-state index < -0.39 is 18.4 Å². The van der Waals surface area contributed by atoms with Crippen molar-refractivity contribution in [3.63, 3.8) is 0 Å². The van der Waals surface area contributed by atoms with Crippen molar-refractivity contribution in [2.75, 3.05) is 0 Å². The van der Waals surface area contributed by atoms with Crippen LogP contribution in [0.15, 0.2) is 55.4 Å². The smallest absolute Gasteiger partial charge is 0.333 e. The van der Waals surface area contributed by atoms with E-state index in [9.17, 15) is 19.2 Å². The van der Waals surface area contributed by atoms with Gasteiger partial charge >= 0.3 is 6.55 Å². The van der Waals surface area contributed by atoms with Crippen molar-refractivity contribution in [2.45, 2.75) is 31.9 Å². The average Bonchev–Trinajstić information content (AvgIpc) is 3.32. The third kappa shape index (κ3) is 4.54. The Morgan fingerprint density at radius 2 is 1.98 bits per heavy atom. The van der Waals surface area contributed by atoms with Gasteiger partial charge in [0.2, 0.25) is 5.69 Å². The number of nitriles is 1. The average molecular weight is 567 g/mol. The van der Waals surface area contributed by atoms with E-state index in [1.165, 1.54) is 40.3 Å². The summed E-state index contributed by atoms with van der Waals surface area (Å²) in [6, 6.07) is 7.40. The van der Waals surface area contributed by atoms with Crippen LogP contribution in [0.5, 0.6) is 0 Å². The molecular formula is C25H18ClF3N10O. The van der Waals surface area contributed by atoms with E-state index in [2.05, 4.69) is 25.7 Å². The van der Waals surface area contributed by atoms with Crippen molar-refractivity contribution < 1.29 is 17.9 Å². The molecule has 11 nitrogen and oxygen atoms in total. The Morgan fingerprint density at radius 1 is 1.15 bits per heavy atom. The van der Waals surface area contributed by atoms with Gasteiger partial charge in [0.15, 0.2) is 12.0 Å². The summed E-state index contributed by atoms with van der Waals surface area (Å²) >= 11 is 6.05. The molecule has 202 valence electrons. The van der Waals surface area contributed by atoms with Gasteiger partial charge in [-0.25, -0.2) is 9.07 Å². The van der Waals surface area contributed by atoms with Crippen molar-refractivity contribution in [1.82, 2.24) is 39.8 Å². The molecule has 0 N–H and O–H groups in total. The summed E-state index contributed by atoms with van der Waals surface area (Å²) in [7, 11) is 0. The topological polar surface area (TPSA) is 130 Å². The van der Waals surface area contributed by atoms with Gasteiger partial charge < -0.3 is 5.21 Å². The summed E-state index contributed by atoms with van der Waals surface area (Å²) < 4.78 is 46.2. The van der Waals surface area contributed by atoms with Crippen LogP contribution in [-0.4, -0.2) is 39.8 Å². The largest absolute Gasteiger partial charge is 0.618 e. The summed E-state index contributed by atoms with van der Waals surface area (Å²) in [5.74, 6) is -0.381. The molecule has 1 aliphatic rings. The van der Waals surface area contributed by atoms with Crippen LogP contribution in [0.25, 0.3) is 28.1 Å². The molecule has 1 saturated carbocycles. The van der Waals surface area contributed by atoms with E-state index in [0.717, 1.165) is 19.0 Å². The van der Waals surface area contributed by atoms with Crippen LogP contribution >= 0.6 is 11.6 Å². The third-order valence-electron chi connectivity index (χ3n) is 6.79. The van der Waals surface area contributed by atoms with Crippen molar-refractivity contribution >= 4 is 11.6 Å². The highest BCUT2D eigenvalue weighted by Gasteiger charge is 2.33. The van der Waals surface area contributed by atoms with Crippen LogP contribution in [0.2, 0.25) is 5.02 Å². The second-order valence-electron chi connectivity index (χ2n) is 9.32. The van der Waals surface area contributed by atoms with Crippen LogP contribution in [-0.2, 0) is 0 Å². The minimum Gasteiger partial charge on any atom is -0.618 e. The van der Waals surface area contributed by atoms with Gasteiger partial charge in [-0.2, -0.15) is 33.7 Å². The molecule has 0 unspecified atom stereocenters. The van der Waals surface area contributed by atoms with Crippen molar-refractivity contribution in [2.24, 2.45) is 5.92 Å². The molecule has 0 bridgehead atoms. The van der Waals surface area contributed by atoms with E-state index in [4.69, 9.17) is 11.6 Å². The molecule has 0 amide bonds. The summed E-state index contributed by atoms with van der Waals surface area (Å²) in [4.78, 5) is 0. The molecule has 0 aliphatic heterocycles. The molecule has 5 aromatic rings. The molecule has 4 heterocycles. The first-order valence-electron chi connectivity index (χ1n) is 12.1. The zero-order chi connectivity index (χ0) is 28.0. The maximum absolute atomic E-state index is 15.2. The second kappa shape index (κ2) is 10.1. The Hall–Kier alpha value is -4.77. The van der Waals surface area contributed by atoms with Crippen LogP contribution in [0, 0.1) is 28.3 Å². The highest BCUT2D eigenvalue weighted by atomic mass is 35.5. The maximum Gasteiger partial charge on any atom is 0.333 e. The molecule has 1 aliphatic carbocycles. The predicted octanol–water partition coefficient (Wildman–Crippen LogP) is 4.47. The molecule has 6 rings (SSSR count). The first-order valence-corrected chi connectivity index (χ1v) is 12.5. The van der Waals surface area contributed by atoms with Gasteiger partial charge in [0.05, 0.1) is 45.5 Å².